The van der Waals surface area contributed by atoms with Crippen molar-refractivity contribution in [3.8, 4) is 11.5 Å². The SMILES string of the molecule is COc1ccc(C[C@H](NC(=O)[C@H](C)NC(=O)CC2CNCCO2)C(=O)N[C@@H](Cc2ccc(O)cc2)C(=O)[C@@]2(C)CO2)cc1. The van der Waals surface area contributed by atoms with Gasteiger partial charge in [-0.05, 0) is 55.7 Å². The standard InChI is InChI=1S/C31H40N4O8/c1-19(33-27(37)16-24-17-32-12-13-42-24)29(39)35-26(15-21-6-10-23(41-3)11-7-21)30(40)34-25(28(38)31(2)18-43-31)14-20-4-8-22(36)9-5-20/h4-11,19,24-26,32,36H,12-18H2,1-3H3,(H,33,37)(H,34,40)(H,35,39)/t19-,24?,25-,26-,31+/m0/s1. The summed E-state index contributed by atoms with van der Waals surface area (Å²) in [6.45, 7) is 5.24. The monoisotopic (exact) mass is 596 g/mol. The highest BCUT2D eigenvalue weighted by Gasteiger charge is 2.50. The average Bonchev–Trinajstić information content (AvgIpc) is 3.76. The average molecular weight is 597 g/mol. The van der Waals surface area contributed by atoms with Crippen LogP contribution in [0.4, 0.5) is 0 Å². The fourth-order valence-electron chi connectivity index (χ4n) is 4.80. The molecule has 43 heavy (non-hydrogen) atoms. The molecule has 2 aromatic rings. The number of phenols is 1. The lowest BCUT2D eigenvalue weighted by atomic mass is 9.94. The largest absolute Gasteiger partial charge is 0.508 e. The number of carbonyl (C=O) groups is 4. The van der Waals surface area contributed by atoms with Crippen LogP contribution >= 0.6 is 0 Å². The van der Waals surface area contributed by atoms with E-state index in [4.69, 9.17) is 14.2 Å². The number of nitrogens with one attached hydrogen (secondary N) is 4. The Bertz CT molecular complexity index is 1270. The second-order valence-electron chi connectivity index (χ2n) is 11.1. The van der Waals surface area contributed by atoms with E-state index in [-0.39, 0.29) is 49.4 Å². The lowest BCUT2D eigenvalue weighted by Gasteiger charge is -2.26. The zero-order valence-electron chi connectivity index (χ0n) is 24.7. The topological polar surface area (TPSA) is 168 Å². The van der Waals surface area contributed by atoms with E-state index in [2.05, 4.69) is 21.3 Å². The van der Waals surface area contributed by atoms with Gasteiger partial charge < -0.3 is 40.6 Å². The predicted molar refractivity (Wildman–Crippen MR) is 157 cm³/mol. The Hall–Kier alpha value is -4.00. The Labute approximate surface area is 250 Å². The third-order valence-corrected chi connectivity index (χ3v) is 7.53. The summed E-state index contributed by atoms with van der Waals surface area (Å²) in [6, 6.07) is 10.5. The maximum Gasteiger partial charge on any atom is 0.243 e. The minimum absolute atomic E-state index is 0.0829. The second kappa shape index (κ2) is 14.5. The molecule has 2 aromatic carbocycles. The van der Waals surface area contributed by atoms with Gasteiger partial charge in [-0.3, -0.25) is 19.2 Å². The molecule has 4 rings (SSSR count). The van der Waals surface area contributed by atoms with Crippen molar-refractivity contribution in [1.82, 2.24) is 21.3 Å². The first-order valence-electron chi connectivity index (χ1n) is 14.4. The molecule has 5 N–H and O–H groups in total. The van der Waals surface area contributed by atoms with E-state index in [1.54, 1.807) is 50.4 Å². The van der Waals surface area contributed by atoms with Crippen LogP contribution < -0.4 is 26.0 Å². The highest BCUT2D eigenvalue weighted by molar-refractivity contribution is 5.98. The second-order valence-corrected chi connectivity index (χ2v) is 11.1. The van der Waals surface area contributed by atoms with Gasteiger partial charge in [0, 0.05) is 19.5 Å². The minimum atomic E-state index is -1.06. The summed E-state index contributed by atoms with van der Waals surface area (Å²) in [5.74, 6) is -1.03. The van der Waals surface area contributed by atoms with Crippen LogP contribution in [0.3, 0.4) is 0 Å². The van der Waals surface area contributed by atoms with Gasteiger partial charge in [-0.15, -0.1) is 0 Å². The van der Waals surface area contributed by atoms with Crippen LogP contribution in [0.25, 0.3) is 0 Å². The number of rotatable bonds is 14. The summed E-state index contributed by atoms with van der Waals surface area (Å²) in [5, 5.41) is 21.1. The number of benzene rings is 2. The van der Waals surface area contributed by atoms with Crippen molar-refractivity contribution in [2.24, 2.45) is 0 Å². The van der Waals surface area contributed by atoms with Crippen molar-refractivity contribution in [2.45, 2.75) is 62.9 Å². The van der Waals surface area contributed by atoms with Crippen molar-refractivity contribution in [3.05, 3.63) is 59.7 Å². The molecule has 2 aliphatic rings. The molecular formula is C31H40N4O8. The van der Waals surface area contributed by atoms with Gasteiger partial charge in [0.05, 0.1) is 38.9 Å². The van der Waals surface area contributed by atoms with Crippen LogP contribution in [-0.4, -0.2) is 91.9 Å². The first-order valence-corrected chi connectivity index (χ1v) is 14.4. The lowest BCUT2D eigenvalue weighted by molar-refractivity contribution is -0.134. The van der Waals surface area contributed by atoms with Crippen molar-refractivity contribution in [3.63, 3.8) is 0 Å². The normalized spacial score (nSPS) is 21.5. The summed E-state index contributed by atoms with van der Waals surface area (Å²) in [7, 11) is 1.55. The van der Waals surface area contributed by atoms with Gasteiger partial charge in [0.1, 0.15) is 29.2 Å². The zero-order valence-corrected chi connectivity index (χ0v) is 24.7. The lowest BCUT2D eigenvalue weighted by Crippen LogP contribution is -2.57. The summed E-state index contributed by atoms with van der Waals surface area (Å²) < 4.78 is 16.2. The molecule has 2 fully saturated rings. The summed E-state index contributed by atoms with van der Waals surface area (Å²) in [4.78, 5) is 52.8. The Kier molecular flexibility index (Phi) is 10.7. The molecule has 0 spiro atoms. The van der Waals surface area contributed by atoms with E-state index in [1.807, 2.05) is 0 Å². The summed E-state index contributed by atoms with van der Waals surface area (Å²) in [5.41, 5.74) is 0.476. The van der Waals surface area contributed by atoms with Gasteiger partial charge >= 0.3 is 0 Å². The van der Waals surface area contributed by atoms with Crippen molar-refractivity contribution < 1.29 is 38.5 Å². The molecule has 2 saturated heterocycles. The molecule has 3 amide bonds. The first-order chi connectivity index (χ1) is 20.6. The molecule has 0 bridgehead atoms. The van der Waals surface area contributed by atoms with E-state index >= 15 is 0 Å². The van der Waals surface area contributed by atoms with Crippen LogP contribution in [0.1, 0.15) is 31.4 Å². The molecule has 0 aliphatic carbocycles. The Morgan fingerprint density at radius 3 is 2.16 bits per heavy atom. The molecule has 232 valence electrons. The Balaban J connectivity index is 1.47. The number of Topliss-reactive ketones (excluding diaryl/α,β-unsaturated/α-hetero) is 1. The van der Waals surface area contributed by atoms with Crippen LogP contribution in [0.2, 0.25) is 0 Å². The van der Waals surface area contributed by atoms with E-state index in [0.29, 0.717) is 18.9 Å². The van der Waals surface area contributed by atoms with Crippen LogP contribution in [0.5, 0.6) is 11.5 Å². The molecule has 12 nitrogen and oxygen atoms in total. The molecule has 2 heterocycles. The molecule has 2 aliphatic heterocycles. The number of morpholine rings is 1. The minimum Gasteiger partial charge on any atom is -0.508 e. The number of hydrogen-bond donors (Lipinski definition) is 5. The van der Waals surface area contributed by atoms with Crippen molar-refractivity contribution in [2.75, 3.05) is 33.4 Å². The van der Waals surface area contributed by atoms with Gasteiger partial charge in [-0.2, -0.15) is 0 Å². The summed E-state index contributed by atoms with van der Waals surface area (Å²) >= 11 is 0. The maximum absolute atomic E-state index is 13.7. The van der Waals surface area contributed by atoms with Gasteiger partial charge in [0.2, 0.25) is 17.7 Å². The number of carbonyl (C=O) groups excluding carboxylic acids is 4. The molecule has 12 heteroatoms. The van der Waals surface area contributed by atoms with Gasteiger partial charge in [0.15, 0.2) is 5.78 Å². The van der Waals surface area contributed by atoms with E-state index in [1.165, 1.54) is 19.1 Å². The molecule has 0 aromatic heterocycles. The number of ketones is 1. The number of epoxide rings is 1. The number of phenolic OH excluding ortho intramolecular Hbond substituents is 1. The zero-order chi connectivity index (χ0) is 31.0. The fraction of sp³-hybridized carbons (Fsp3) is 0.484. The number of amides is 3. The number of aromatic hydroxyl groups is 1. The maximum atomic E-state index is 13.7. The third kappa shape index (κ3) is 9.24. The van der Waals surface area contributed by atoms with Crippen LogP contribution in [-0.2, 0) is 41.5 Å². The van der Waals surface area contributed by atoms with Gasteiger partial charge in [-0.25, -0.2) is 0 Å². The molecule has 5 atom stereocenters. The Morgan fingerprint density at radius 2 is 1.58 bits per heavy atom. The molecule has 0 saturated carbocycles. The van der Waals surface area contributed by atoms with Crippen LogP contribution in [0, 0.1) is 0 Å². The molecule has 1 unspecified atom stereocenters. The Morgan fingerprint density at radius 1 is 0.977 bits per heavy atom. The molecular weight excluding hydrogens is 556 g/mol. The van der Waals surface area contributed by atoms with E-state index in [9.17, 15) is 24.3 Å². The highest BCUT2D eigenvalue weighted by atomic mass is 16.6. The van der Waals surface area contributed by atoms with Gasteiger partial charge in [0.25, 0.3) is 0 Å². The quantitative estimate of drug-likeness (QED) is 0.194. The van der Waals surface area contributed by atoms with E-state index < -0.39 is 35.5 Å². The van der Waals surface area contributed by atoms with Crippen LogP contribution in [0.15, 0.2) is 48.5 Å². The molecule has 0 radical (unpaired) electrons. The predicted octanol–water partition coefficient (Wildman–Crippen LogP) is 0.397. The van der Waals surface area contributed by atoms with E-state index in [0.717, 1.165) is 17.7 Å². The van der Waals surface area contributed by atoms with Crippen molar-refractivity contribution >= 4 is 23.5 Å². The smallest absolute Gasteiger partial charge is 0.243 e. The summed E-state index contributed by atoms with van der Waals surface area (Å²) in [6.07, 6.45) is 0.107. The number of methoxy groups -OCH3 is 1. The van der Waals surface area contributed by atoms with Crippen molar-refractivity contribution in [1.29, 1.82) is 0 Å². The highest BCUT2D eigenvalue weighted by Crippen LogP contribution is 2.29. The first kappa shape index (κ1) is 31.9. The number of hydrogen-bond acceptors (Lipinski definition) is 9. The fourth-order valence-corrected chi connectivity index (χ4v) is 4.80. The number of ether oxygens (including phenoxy) is 3. The van der Waals surface area contributed by atoms with Gasteiger partial charge in [-0.1, -0.05) is 24.3 Å². The third-order valence-electron chi connectivity index (χ3n) is 7.53.